The largest absolute Gasteiger partial charge is 0.493 e. The van der Waals surface area contributed by atoms with Gasteiger partial charge in [0.05, 0.1) is 12.6 Å². The molecule has 1 aromatic rings. The molecule has 2 N–H and O–H groups in total. The molecule has 1 heterocycles. The lowest BCUT2D eigenvalue weighted by Crippen LogP contribution is -2.37. The molecule has 0 radical (unpaired) electrons. The fourth-order valence-corrected chi connectivity index (χ4v) is 1.86. The van der Waals surface area contributed by atoms with Gasteiger partial charge in [-0.1, -0.05) is 18.2 Å². The number of rotatable bonds is 1. The highest BCUT2D eigenvalue weighted by atomic mass is 32.1. The van der Waals surface area contributed by atoms with E-state index in [4.69, 9.17) is 17.0 Å². The second-order valence-corrected chi connectivity index (χ2v) is 3.86. The second-order valence-electron chi connectivity index (χ2n) is 3.45. The third-order valence-electron chi connectivity index (χ3n) is 2.49. The Hall–Kier alpha value is -1.29. The van der Waals surface area contributed by atoms with Gasteiger partial charge in [0.2, 0.25) is 0 Å². The topological polar surface area (TPSA) is 33.3 Å². The van der Waals surface area contributed by atoms with E-state index < -0.39 is 0 Å². The van der Waals surface area contributed by atoms with E-state index in [-0.39, 0.29) is 6.04 Å². The highest BCUT2D eigenvalue weighted by Crippen LogP contribution is 2.31. The molecule has 80 valence electrons. The van der Waals surface area contributed by atoms with Gasteiger partial charge in [-0.2, -0.15) is 0 Å². The van der Waals surface area contributed by atoms with Gasteiger partial charge < -0.3 is 15.4 Å². The quantitative estimate of drug-likeness (QED) is 0.707. The zero-order chi connectivity index (χ0) is 10.7. The van der Waals surface area contributed by atoms with Crippen molar-refractivity contribution in [1.82, 2.24) is 10.6 Å². The smallest absolute Gasteiger partial charge is 0.166 e. The van der Waals surface area contributed by atoms with Crippen LogP contribution in [0, 0.1) is 0 Å². The first kappa shape index (κ1) is 10.2. The summed E-state index contributed by atoms with van der Waals surface area (Å²) >= 11 is 5.10. The molecule has 0 fully saturated rings. The van der Waals surface area contributed by atoms with Crippen molar-refractivity contribution in [2.75, 3.05) is 13.7 Å². The van der Waals surface area contributed by atoms with Crippen LogP contribution in [0.15, 0.2) is 24.3 Å². The number of benzene rings is 1. The van der Waals surface area contributed by atoms with Crippen molar-refractivity contribution in [2.45, 2.75) is 12.5 Å². The number of ether oxygens (including phenoxy) is 1. The molecule has 0 aliphatic carbocycles. The maximum Gasteiger partial charge on any atom is 0.166 e. The van der Waals surface area contributed by atoms with Gasteiger partial charge in [-0.3, -0.25) is 0 Å². The molecule has 1 aromatic carbocycles. The van der Waals surface area contributed by atoms with Crippen molar-refractivity contribution in [3.05, 3.63) is 29.8 Å². The maximum atomic E-state index is 5.57. The summed E-state index contributed by atoms with van der Waals surface area (Å²) in [5.41, 5.74) is 1.18. The van der Waals surface area contributed by atoms with Crippen molar-refractivity contribution >= 4 is 17.3 Å². The summed E-state index contributed by atoms with van der Waals surface area (Å²) in [7, 11) is 1.82. The zero-order valence-electron chi connectivity index (χ0n) is 8.62. The van der Waals surface area contributed by atoms with Crippen LogP contribution >= 0.6 is 12.2 Å². The van der Waals surface area contributed by atoms with Crippen LogP contribution in [0.25, 0.3) is 0 Å². The Bertz CT molecular complexity index is 367. The molecule has 0 bridgehead atoms. The van der Waals surface area contributed by atoms with Gasteiger partial charge in [-0.25, -0.2) is 0 Å². The van der Waals surface area contributed by atoms with Crippen LogP contribution in [0.4, 0.5) is 0 Å². The van der Waals surface area contributed by atoms with E-state index in [1.165, 1.54) is 5.56 Å². The number of thiocarbonyl (C=S) groups is 1. The summed E-state index contributed by atoms with van der Waals surface area (Å²) < 4.78 is 5.57. The van der Waals surface area contributed by atoms with E-state index in [0.717, 1.165) is 18.8 Å². The SMILES string of the molecule is CNC(=S)N[C@H]1CCOc2ccccc21. The van der Waals surface area contributed by atoms with E-state index in [1.807, 2.05) is 25.2 Å². The third-order valence-corrected chi connectivity index (χ3v) is 2.81. The van der Waals surface area contributed by atoms with Crippen LogP contribution < -0.4 is 15.4 Å². The van der Waals surface area contributed by atoms with Crippen LogP contribution in [0.5, 0.6) is 5.75 Å². The number of hydrogen-bond acceptors (Lipinski definition) is 2. The molecule has 0 spiro atoms. The van der Waals surface area contributed by atoms with E-state index >= 15 is 0 Å². The predicted octanol–water partition coefficient (Wildman–Crippen LogP) is 1.60. The monoisotopic (exact) mass is 222 g/mol. The molecule has 3 nitrogen and oxygen atoms in total. The normalized spacial score (nSPS) is 18.6. The summed E-state index contributed by atoms with van der Waals surface area (Å²) in [6.07, 6.45) is 0.943. The fraction of sp³-hybridized carbons (Fsp3) is 0.364. The first-order chi connectivity index (χ1) is 7.31. The van der Waals surface area contributed by atoms with E-state index in [9.17, 15) is 0 Å². The molecule has 0 saturated heterocycles. The summed E-state index contributed by atoms with van der Waals surface area (Å²) in [6.45, 7) is 0.737. The minimum atomic E-state index is 0.259. The second kappa shape index (κ2) is 4.49. The van der Waals surface area contributed by atoms with Gasteiger partial charge in [0.15, 0.2) is 5.11 Å². The minimum absolute atomic E-state index is 0.259. The van der Waals surface area contributed by atoms with E-state index in [2.05, 4.69) is 16.7 Å². The van der Waals surface area contributed by atoms with Crippen molar-refractivity contribution in [2.24, 2.45) is 0 Å². The Morgan fingerprint density at radius 3 is 3.07 bits per heavy atom. The predicted molar refractivity (Wildman–Crippen MR) is 64.1 cm³/mol. The Morgan fingerprint density at radius 1 is 1.47 bits per heavy atom. The molecular formula is C11H14N2OS. The first-order valence-electron chi connectivity index (χ1n) is 5.01. The maximum absolute atomic E-state index is 5.57. The van der Waals surface area contributed by atoms with Gasteiger partial charge in [0, 0.05) is 19.0 Å². The van der Waals surface area contributed by atoms with Crippen LogP contribution in [0.2, 0.25) is 0 Å². The molecule has 0 aromatic heterocycles. The van der Waals surface area contributed by atoms with Gasteiger partial charge in [0.25, 0.3) is 0 Å². The number of para-hydroxylation sites is 1. The molecule has 0 amide bonds. The number of fused-ring (bicyclic) bond motifs is 1. The van der Waals surface area contributed by atoms with Gasteiger partial charge in [0.1, 0.15) is 5.75 Å². The Labute approximate surface area is 94.8 Å². The molecule has 4 heteroatoms. The summed E-state index contributed by atoms with van der Waals surface area (Å²) in [4.78, 5) is 0. The molecule has 15 heavy (non-hydrogen) atoms. The minimum Gasteiger partial charge on any atom is -0.493 e. The fourth-order valence-electron chi connectivity index (χ4n) is 1.72. The molecule has 0 unspecified atom stereocenters. The van der Waals surface area contributed by atoms with Crippen molar-refractivity contribution in [1.29, 1.82) is 0 Å². The molecule has 2 rings (SSSR count). The van der Waals surface area contributed by atoms with Crippen molar-refractivity contribution < 1.29 is 4.74 Å². The van der Waals surface area contributed by atoms with E-state index in [1.54, 1.807) is 0 Å². The lowest BCUT2D eigenvalue weighted by atomic mass is 10.0. The Kier molecular flexibility index (Phi) is 3.06. The van der Waals surface area contributed by atoms with Crippen LogP contribution in [0.3, 0.4) is 0 Å². The molecule has 0 saturated carbocycles. The molecule has 1 atom stereocenters. The van der Waals surface area contributed by atoms with Gasteiger partial charge in [-0.15, -0.1) is 0 Å². The zero-order valence-corrected chi connectivity index (χ0v) is 9.43. The van der Waals surface area contributed by atoms with Crippen molar-refractivity contribution in [3.8, 4) is 5.75 Å². The number of nitrogens with one attached hydrogen (secondary N) is 2. The van der Waals surface area contributed by atoms with E-state index in [0.29, 0.717) is 5.11 Å². The van der Waals surface area contributed by atoms with Crippen LogP contribution in [0.1, 0.15) is 18.0 Å². The molecule has 1 aliphatic rings. The van der Waals surface area contributed by atoms with Crippen LogP contribution in [-0.4, -0.2) is 18.8 Å². The van der Waals surface area contributed by atoms with Crippen LogP contribution in [-0.2, 0) is 0 Å². The standard InChI is InChI=1S/C11H14N2OS/c1-12-11(15)13-9-6-7-14-10-5-3-2-4-8(9)10/h2-5,9H,6-7H2,1H3,(H2,12,13,15)/t9-/m0/s1. The summed E-state index contributed by atoms with van der Waals surface area (Å²) in [6, 6.07) is 8.33. The third kappa shape index (κ3) is 2.21. The Morgan fingerprint density at radius 2 is 2.27 bits per heavy atom. The summed E-state index contributed by atoms with van der Waals surface area (Å²) in [5.74, 6) is 0.958. The Balaban J connectivity index is 2.18. The summed E-state index contributed by atoms with van der Waals surface area (Å²) in [5, 5.41) is 6.87. The molecule has 1 aliphatic heterocycles. The van der Waals surface area contributed by atoms with Crippen molar-refractivity contribution in [3.63, 3.8) is 0 Å². The highest BCUT2D eigenvalue weighted by molar-refractivity contribution is 7.80. The lowest BCUT2D eigenvalue weighted by molar-refractivity contribution is 0.262. The number of hydrogen-bond donors (Lipinski definition) is 2. The van der Waals surface area contributed by atoms with Gasteiger partial charge in [-0.05, 0) is 18.3 Å². The lowest BCUT2D eigenvalue weighted by Gasteiger charge is -2.27. The average molecular weight is 222 g/mol. The molecular weight excluding hydrogens is 208 g/mol. The first-order valence-corrected chi connectivity index (χ1v) is 5.42. The average Bonchev–Trinajstić information content (AvgIpc) is 2.29. The highest BCUT2D eigenvalue weighted by Gasteiger charge is 2.20. The van der Waals surface area contributed by atoms with Gasteiger partial charge >= 0.3 is 0 Å².